The Morgan fingerprint density at radius 2 is 1.83 bits per heavy atom. The predicted octanol–water partition coefficient (Wildman–Crippen LogP) is 2.24. The lowest BCUT2D eigenvalue weighted by molar-refractivity contribution is -0.139. The molecule has 1 amide bonds. The van der Waals surface area contributed by atoms with E-state index in [0.29, 0.717) is 19.4 Å². The van der Waals surface area contributed by atoms with E-state index >= 15 is 0 Å². The molecule has 5 nitrogen and oxygen atoms in total. The lowest BCUT2D eigenvalue weighted by atomic mass is 9.97. The van der Waals surface area contributed by atoms with E-state index in [2.05, 4.69) is 5.32 Å². The normalized spacial score (nSPS) is 17.7. The van der Waals surface area contributed by atoms with Crippen molar-refractivity contribution >= 4 is 15.9 Å². The van der Waals surface area contributed by atoms with E-state index < -0.39 is 26.7 Å². The molecule has 1 N–H and O–H groups in total. The summed E-state index contributed by atoms with van der Waals surface area (Å²) < 4.78 is 65.4. The van der Waals surface area contributed by atoms with Crippen molar-refractivity contribution in [3.8, 4) is 0 Å². The fraction of sp³-hybridized carbons (Fsp3) is 0.533. The number of alkyl halides is 3. The number of nitrogens with one attached hydrogen (secondary N) is 1. The van der Waals surface area contributed by atoms with Crippen LogP contribution in [0.1, 0.15) is 25.3 Å². The quantitative estimate of drug-likeness (QED) is 0.891. The van der Waals surface area contributed by atoms with Gasteiger partial charge in [0.2, 0.25) is 15.9 Å². The van der Waals surface area contributed by atoms with E-state index in [1.165, 1.54) is 6.07 Å². The van der Waals surface area contributed by atoms with Gasteiger partial charge in [0.15, 0.2) is 0 Å². The first kappa shape index (κ1) is 18.7. The first-order valence-electron chi connectivity index (χ1n) is 7.62. The Morgan fingerprint density at radius 3 is 2.38 bits per heavy atom. The lowest BCUT2D eigenvalue weighted by Gasteiger charge is -2.31. The molecule has 1 aromatic rings. The number of hydrogen-bond acceptors (Lipinski definition) is 3. The summed E-state index contributed by atoms with van der Waals surface area (Å²) in [4.78, 5) is 11.0. The molecule has 0 radical (unpaired) electrons. The number of sulfonamides is 1. The second-order valence-electron chi connectivity index (χ2n) is 5.57. The van der Waals surface area contributed by atoms with E-state index in [1.807, 2.05) is 0 Å². The zero-order valence-corrected chi connectivity index (χ0v) is 14.0. The first-order valence-corrected chi connectivity index (χ1v) is 9.06. The van der Waals surface area contributed by atoms with E-state index in [4.69, 9.17) is 0 Å². The number of rotatable bonds is 4. The molecule has 1 aliphatic rings. The molecule has 0 spiro atoms. The van der Waals surface area contributed by atoms with Gasteiger partial charge in [0.1, 0.15) is 0 Å². The van der Waals surface area contributed by atoms with E-state index in [0.717, 1.165) is 22.5 Å². The molecule has 0 saturated carbocycles. The summed E-state index contributed by atoms with van der Waals surface area (Å²) in [6.45, 7) is 2.31. The van der Waals surface area contributed by atoms with Crippen molar-refractivity contribution in [1.82, 2.24) is 9.62 Å². The van der Waals surface area contributed by atoms with Gasteiger partial charge in [-0.3, -0.25) is 4.79 Å². The van der Waals surface area contributed by atoms with Crippen LogP contribution in [0, 0.1) is 5.92 Å². The number of carbonyl (C=O) groups excluding carboxylic acids is 1. The summed E-state index contributed by atoms with van der Waals surface area (Å²) >= 11 is 0. The summed E-state index contributed by atoms with van der Waals surface area (Å²) in [6.07, 6.45) is -4.17. The molecule has 2 rings (SSSR count). The van der Waals surface area contributed by atoms with Crippen molar-refractivity contribution < 1.29 is 26.4 Å². The number of halogens is 3. The highest BCUT2D eigenvalue weighted by Crippen LogP contribution is 2.36. The molecule has 1 aliphatic heterocycles. The van der Waals surface area contributed by atoms with E-state index in [1.54, 1.807) is 6.92 Å². The molecule has 1 aromatic carbocycles. The van der Waals surface area contributed by atoms with Crippen molar-refractivity contribution in [3.63, 3.8) is 0 Å². The highest BCUT2D eigenvalue weighted by Gasteiger charge is 2.40. The minimum Gasteiger partial charge on any atom is -0.356 e. The maximum atomic E-state index is 13.1. The molecule has 0 unspecified atom stereocenters. The van der Waals surface area contributed by atoms with Crippen molar-refractivity contribution in [2.24, 2.45) is 5.92 Å². The van der Waals surface area contributed by atoms with Crippen molar-refractivity contribution in [2.75, 3.05) is 19.6 Å². The molecule has 0 aliphatic carbocycles. The molecular weight excluding hydrogens is 345 g/mol. The molecule has 0 aromatic heterocycles. The Hall–Kier alpha value is -1.61. The summed E-state index contributed by atoms with van der Waals surface area (Å²) in [5, 5.41) is 2.67. The summed E-state index contributed by atoms with van der Waals surface area (Å²) in [5.74, 6) is -0.459. The predicted molar refractivity (Wildman–Crippen MR) is 81.6 cm³/mol. The average molecular weight is 364 g/mol. The lowest BCUT2D eigenvalue weighted by Crippen LogP contribution is -2.43. The highest BCUT2D eigenvalue weighted by molar-refractivity contribution is 7.89. The van der Waals surface area contributed by atoms with Crippen molar-refractivity contribution in [3.05, 3.63) is 29.8 Å². The third kappa shape index (κ3) is 3.89. The van der Waals surface area contributed by atoms with Crippen LogP contribution in [0.15, 0.2) is 29.2 Å². The second kappa shape index (κ2) is 7.10. The van der Waals surface area contributed by atoms with Gasteiger partial charge < -0.3 is 5.32 Å². The van der Waals surface area contributed by atoms with Crippen LogP contribution in [0.2, 0.25) is 0 Å². The maximum Gasteiger partial charge on any atom is 0.417 e. The number of hydrogen-bond donors (Lipinski definition) is 1. The van der Waals surface area contributed by atoms with Crippen LogP contribution < -0.4 is 5.32 Å². The molecule has 0 bridgehead atoms. The largest absolute Gasteiger partial charge is 0.417 e. The van der Waals surface area contributed by atoms with Gasteiger partial charge in [0.05, 0.1) is 10.5 Å². The smallest absolute Gasteiger partial charge is 0.356 e. The van der Waals surface area contributed by atoms with Crippen molar-refractivity contribution in [2.45, 2.75) is 30.8 Å². The molecule has 24 heavy (non-hydrogen) atoms. The Balaban J connectivity index is 2.21. The molecule has 134 valence electrons. The molecule has 1 fully saturated rings. The van der Waals surface area contributed by atoms with Crippen LogP contribution in [0.5, 0.6) is 0 Å². The fourth-order valence-corrected chi connectivity index (χ4v) is 4.42. The topological polar surface area (TPSA) is 66.5 Å². The van der Waals surface area contributed by atoms with Gasteiger partial charge in [0.25, 0.3) is 0 Å². The standard InChI is InChI=1S/C15H19F3N2O3S/c1-2-19-14(21)11-7-9-20(10-8-11)24(22,23)13-6-4-3-5-12(13)15(16,17)18/h3-6,11H,2,7-10H2,1H3,(H,19,21). The highest BCUT2D eigenvalue weighted by atomic mass is 32.2. The van der Waals surface area contributed by atoms with Gasteiger partial charge in [-0.25, -0.2) is 8.42 Å². The van der Waals surface area contributed by atoms with Crippen LogP contribution >= 0.6 is 0 Å². The molecule has 1 heterocycles. The Bertz CT molecular complexity index is 696. The Labute approximate surface area is 138 Å². The molecular formula is C15H19F3N2O3S. The number of benzene rings is 1. The number of carbonyl (C=O) groups is 1. The zero-order chi connectivity index (χ0) is 18.0. The summed E-state index contributed by atoms with van der Waals surface area (Å²) in [5.41, 5.74) is -1.17. The van der Waals surface area contributed by atoms with Gasteiger partial charge in [-0.1, -0.05) is 12.1 Å². The number of amides is 1. The SMILES string of the molecule is CCNC(=O)C1CCN(S(=O)(=O)c2ccccc2C(F)(F)F)CC1. The van der Waals surface area contributed by atoms with Crippen LogP contribution in [-0.2, 0) is 21.0 Å². The molecule has 1 saturated heterocycles. The van der Waals surface area contributed by atoms with Crippen LogP contribution in [0.25, 0.3) is 0 Å². The average Bonchev–Trinajstić information content (AvgIpc) is 2.54. The third-order valence-corrected chi connectivity index (χ3v) is 5.94. The monoisotopic (exact) mass is 364 g/mol. The minimum atomic E-state index is -4.75. The maximum absolute atomic E-state index is 13.1. The summed E-state index contributed by atoms with van der Waals surface area (Å²) in [7, 11) is -4.26. The van der Waals surface area contributed by atoms with E-state index in [-0.39, 0.29) is 24.9 Å². The molecule has 0 atom stereocenters. The first-order chi connectivity index (χ1) is 11.2. The van der Waals surface area contributed by atoms with Crippen LogP contribution in [-0.4, -0.2) is 38.3 Å². The van der Waals surface area contributed by atoms with Gasteiger partial charge in [0, 0.05) is 25.6 Å². The number of nitrogens with zero attached hydrogens (tertiary/aromatic N) is 1. The van der Waals surface area contributed by atoms with Crippen LogP contribution in [0.3, 0.4) is 0 Å². The second-order valence-corrected chi connectivity index (χ2v) is 7.47. The third-order valence-electron chi connectivity index (χ3n) is 3.99. The minimum absolute atomic E-state index is 0.0241. The van der Waals surface area contributed by atoms with E-state index in [9.17, 15) is 26.4 Å². The molecule has 9 heteroatoms. The summed E-state index contributed by atoms with van der Waals surface area (Å²) in [6, 6.07) is 4.15. The van der Waals surface area contributed by atoms with Gasteiger partial charge in [-0.2, -0.15) is 17.5 Å². The fourth-order valence-electron chi connectivity index (χ4n) is 2.74. The van der Waals surface area contributed by atoms with Crippen molar-refractivity contribution in [1.29, 1.82) is 0 Å². The van der Waals surface area contributed by atoms with Crippen LogP contribution in [0.4, 0.5) is 13.2 Å². The van der Waals surface area contributed by atoms with Gasteiger partial charge in [-0.05, 0) is 31.9 Å². The number of piperidine rings is 1. The van der Waals surface area contributed by atoms with Gasteiger partial charge >= 0.3 is 6.18 Å². The zero-order valence-electron chi connectivity index (χ0n) is 13.1. The Kier molecular flexibility index (Phi) is 5.54. The Morgan fingerprint density at radius 1 is 1.25 bits per heavy atom. The van der Waals surface area contributed by atoms with Gasteiger partial charge in [-0.15, -0.1) is 0 Å².